The van der Waals surface area contributed by atoms with Gasteiger partial charge >= 0.3 is 10.4 Å². The van der Waals surface area contributed by atoms with Gasteiger partial charge in [-0.15, -0.1) is 0 Å². The minimum atomic E-state index is -4.35. The number of aryl methyl sites for hydroxylation is 1. The topological polar surface area (TPSA) is 66.8 Å². The molecule has 0 unspecified atom stereocenters. The van der Waals surface area contributed by atoms with Crippen molar-refractivity contribution in [3.63, 3.8) is 0 Å². The van der Waals surface area contributed by atoms with Crippen LogP contribution < -0.4 is 4.90 Å². The lowest BCUT2D eigenvalue weighted by molar-refractivity contribution is 0.273. The Morgan fingerprint density at radius 1 is 1.33 bits per heavy atom. The van der Waals surface area contributed by atoms with Gasteiger partial charge in [-0.3, -0.25) is 4.55 Å². The molecule has 0 aliphatic carbocycles. The third-order valence-electron chi connectivity index (χ3n) is 2.45. The number of hydrogen-bond acceptors (Lipinski definition) is 4. The van der Waals surface area contributed by atoms with Crippen LogP contribution >= 0.6 is 0 Å². The molecule has 5 nitrogen and oxygen atoms in total. The van der Waals surface area contributed by atoms with E-state index in [1.165, 1.54) is 0 Å². The minimum absolute atomic E-state index is 0.0627. The van der Waals surface area contributed by atoms with E-state index in [4.69, 9.17) is 4.55 Å². The van der Waals surface area contributed by atoms with Crippen molar-refractivity contribution in [1.29, 1.82) is 0 Å². The molecule has 0 amide bonds. The first kappa shape index (κ1) is 14.9. The summed E-state index contributed by atoms with van der Waals surface area (Å²) < 4.78 is 33.8. The monoisotopic (exact) mass is 273 g/mol. The van der Waals surface area contributed by atoms with Crippen molar-refractivity contribution in [2.45, 2.75) is 20.3 Å². The van der Waals surface area contributed by atoms with Crippen LogP contribution in [0.25, 0.3) is 0 Å². The van der Waals surface area contributed by atoms with Gasteiger partial charge in [0.05, 0.1) is 6.61 Å². The van der Waals surface area contributed by atoms with Crippen LogP contribution in [0.1, 0.15) is 18.9 Å². The van der Waals surface area contributed by atoms with Gasteiger partial charge in [0.15, 0.2) is 0 Å². The highest BCUT2D eigenvalue weighted by Crippen LogP contribution is 2.16. The molecule has 0 fully saturated rings. The zero-order valence-corrected chi connectivity index (χ0v) is 11.5. The summed E-state index contributed by atoms with van der Waals surface area (Å²) in [6, 6.07) is 7.96. The van der Waals surface area contributed by atoms with E-state index in [9.17, 15) is 8.42 Å². The number of anilines is 1. The fourth-order valence-electron chi connectivity index (χ4n) is 1.72. The Hall–Kier alpha value is -1.11. The third-order valence-corrected chi connectivity index (χ3v) is 2.92. The maximum Gasteiger partial charge on any atom is 0.397 e. The smallest absolute Gasteiger partial charge is 0.369 e. The van der Waals surface area contributed by atoms with E-state index in [1.807, 2.05) is 43.0 Å². The van der Waals surface area contributed by atoms with Crippen LogP contribution in [0.5, 0.6) is 0 Å². The van der Waals surface area contributed by atoms with Crippen LogP contribution in [-0.2, 0) is 14.6 Å². The second kappa shape index (κ2) is 6.72. The third kappa shape index (κ3) is 5.48. The molecule has 18 heavy (non-hydrogen) atoms. The van der Waals surface area contributed by atoms with Crippen molar-refractivity contribution in [3.8, 4) is 0 Å². The van der Waals surface area contributed by atoms with Gasteiger partial charge in [-0.05, 0) is 31.0 Å². The van der Waals surface area contributed by atoms with E-state index in [0.29, 0.717) is 6.54 Å². The second-order valence-corrected chi connectivity index (χ2v) is 5.17. The molecule has 6 heteroatoms. The summed E-state index contributed by atoms with van der Waals surface area (Å²) >= 11 is 0. The summed E-state index contributed by atoms with van der Waals surface area (Å²) in [6.45, 7) is 5.21. The Morgan fingerprint density at radius 3 is 2.61 bits per heavy atom. The lowest BCUT2D eigenvalue weighted by Crippen LogP contribution is -2.29. The molecule has 0 heterocycles. The molecule has 102 valence electrons. The Morgan fingerprint density at radius 2 is 2.06 bits per heavy atom. The molecule has 1 aromatic carbocycles. The molecule has 1 rings (SSSR count). The SMILES string of the molecule is CCCN(CCOS(=O)(=O)O)c1cccc(C)c1. The summed E-state index contributed by atoms with van der Waals surface area (Å²) in [7, 11) is -4.35. The van der Waals surface area contributed by atoms with Crippen LogP contribution in [0.15, 0.2) is 24.3 Å². The van der Waals surface area contributed by atoms with Gasteiger partial charge in [0.25, 0.3) is 0 Å². The van der Waals surface area contributed by atoms with Gasteiger partial charge < -0.3 is 4.90 Å². The van der Waals surface area contributed by atoms with Crippen LogP contribution in [0.2, 0.25) is 0 Å². The molecule has 0 saturated carbocycles. The van der Waals surface area contributed by atoms with Gasteiger partial charge in [-0.1, -0.05) is 19.1 Å². The van der Waals surface area contributed by atoms with E-state index >= 15 is 0 Å². The maximum absolute atomic E-state index is 10.5. The Balaban J connectivity index is 2.65. The molecular weight excluding hydrogens is 254 g/mol. The van der Waals surface area contributed by atoms with Crippen molar-refractivity contribution >= 4 is 16.1 Å². The van der Waals surface area contributed by atoms with Gasteiger partial charge in [0.1, 0.15) is 0 Å². The lowest BCUT2D eigenvalue weighted by Gasteiger charge is -2.24. The average molecular weight is 273 g/mol. The highest BCUT2D eigenvalue weighted by molar-refractivity contribution is 7.80. The molecule has 1 aromatic rings. The van der Waals surface area contributed by atoms with Crippen LogP contribution in [-0.4, -0.2) is 32.7 Å². The standard InChI is InChI=1S/C12H19NO4S/c1-3-7-13(8-9-17-18(14,15)16)12-6-4-5-11(2)10-12/h4-6,10H,3,7-9H2,1-2H3,(H,14,15,16). The molecule has 0 aliphatic heterocycles. The summed E-state index contributed by atoms with van der Waals surface area (Å²) in [5, 5.41) is 0. The van der Waals surface area contributed by atoms with E-state index < -0.39 is 10.4 Å². The van der Waals surface area contributed by atoms with Gasteiger partial charge in [-0.2, -0.15) is 8.42 Å². The molecule has 0 aromatic heterocycles. The normalized spacial score (nSPS) is 11.5. The fraction of sp³-hybridized carbons (Fsp3) is 0.500. The number of benzene rings is 1. The summed E-state index contributed by atoms with van der Waals surface area (Å²) in [6.07, 6.45) is 0.944. The molecule has 0 atom stereocenters. The average Bonchev–Trinajstić information content (AvgIpc) is 2.26. The van der Waals surface area contributed by atoms with E-state index in [0.717, 1.165) is 24.2 Å². The first-order valence-corrected chi connectivity index (χ1v) is 7.22. The molecule has 0 aliphatic rings. The summed E-state index contributed by atoms with van der Waals surface area (Å²) in [4.78, 5) is 2.03. The van der Waals surface area contributed by atoms with Gasteiger partial charge in [0, 0.05) is 18.8 Å². The first-order valence-electron chi connectivity index (χ1n) is 5.86. The number of rotatable bonds is 7. The van der Waals surface area contributed by atoms with Crippen molar-refractivity contribution < 1.29 is 17.2 Å². The zero-order chi connectivity index (χ0) is 13.6. The first-order chi connectivity index (χ1) is 8.42. The zero-order valence-electron chi connectivity index (χ0n) is 10.7. The fourth-order valence-corrected chi connectivity index (χ4v) is 2.00. The highest BCUT2D eigenvalue weighted by Gasteiger charge is 2.09. The Bertz CT molecular complexity index is 473. The van der Waals surface area contributed by atoms with E-state index in [2.05, 4.69) is 4.18 Å². The van der Waals surface area contributed by atoms with Gasteiger partial charge in [0.2, 0.25) is 0 Å². The molecule has 0 spiro atoms. The van der Waals surface area contributed by atoms with E-state index in [-0.39, 0.29) is 6.61 Å². The van der Waals surface area contributed by atoms with Crippen LogP contribution in [0.3, 0.4) is 0 Å². The Labute approximate surface area is 108 Å². The molecular formula is C12H19NO4S. The number of nitrogens with zero attached hydrogens (tertiary/aromatic N) is 1. The van der Waals surface area contributed by atoms with E-state index in [1.54, 1.807) is 0 Å². The molecule has 1 N–H and O–H groups in total. The van der Waals surface area contributed by atoms with Crippen molar-refractivity contribution in [1.82, 2.24) is 0 Å². The quantitative estimate of drug-likeness (QED) is 0.770. The molecule has 0 bridgehead atoms. The highest BCUT2D eigenvalue weighted by atomic mass is 32.3. The maximum atomic E-state index is 10.5. The van der Waals surface area contributed by atoms with Crippen molar-refractivity contribution in [2.75, 3.05) is 24.6 Å². The van der Waals surface area contributed by atoms with Crippen LogP contribution in [0, 0.1) is 6.92 Å². The Kier molecular flexibility index (Phi) is 5.58. The second-order valence-electron chi connectivity index (χ2n) is 4.08. The lowest BCUT2D eigenvalue weighted by atomic mass is 10.2. The largest absolute Gasteiger partial charge is 0.397 e. The predicted octanol–water partition coefficient (Wildman–Crippen LogP) is 2.03. The van der Waals surface area contributed by atoms with Crippen LogP contribution in [0.4, 0.5) is 5.69 Å². The summed E-state index contributed by atoms with van der Waals surface area (Å²) in [5.74, 6) is 0. The van der Waals surface area contributed by atoms with Crippen molar-refractivity contribution in [3.05, 3.63) is 29.8 Å². The minimum Gasteiger partial charge on any atom is -0.369 e. The molecule has 0 radical (unpaired) electrons. The predicted molar refractivity (Wildman–Crippen MR) is 71.2 cm³/mol. The number of hydrogen-bond donors (Lipinski definition) is 1. The summed E-state index contributed by atoms with van der Waals surface area (Å²) in [5.41, 5.74) is 2.17. The van der Waals surface area contributed by atoms with Crippen molar-refractivity contribution in [2.24, 2.45) is 0 Å². The molecule has 0 saturated heterocycles. The van der Waals surface area contributed by atoms with Gasteiger partial charge in [-0.25, -0.2) is 4.18 Å².